The molecular formula is C22H25ClN2O2. The van der Waals surface area contributed by atoms with Crippen LogP contribution in [-0.4, -0.2) is 46.5 Å². The highest BCUT2D eigenvalue weighted by atomic mass is 35.5. The van der Waals surface area contributed by atoms with E-state index in [1.165, 1.54) is 5.56 Å². The minimum absolute atomic E-state index is 0.0260. The molecule has 2 saturated heterocycles. The lowest BCUT2D eigenvalue weighted by Crippen LogP contribution is -2.45. The van der Waals surface area contributed by atoms with Crippen LogP contribution in [0.15, 0.2) is 48.5 Å². The van der Waals surface area contributed by atoms with Gasteiger partial charge in [-0.2, -0.15) is 0 Å². The van der Waals surface area contributed by atoms with Crippen LogP contribution in [0.25, 0.3) is 0 Å². The van der Waals surface area contributed by atoms with Gasteiger partial charge in [0.25, 0.3) is 0 Å². The molecule has 0 saturated carbocycles. The van der Waals surface area contributed by atoms with Crippen molar-refractivity contribution in [3.05, 3.63) is 64.7 Å². The van der Waals surface area contributed by atoms with Gasteiger partial charge in [-0.05, 0) is 73.7 Å². The van der Waals surface area contributed by atoms with Crippen LogP contribution in [-0.2, 0) is 11.3 Å². The molecule has 2 aliphatic rings. The van der Waals surface area contributed by atoms with Crippen LogP contribution >= 0.6 is 11.6 Å². The van der Waals surface area contributed by atoms with Crippen molar-refractivity contribution in [3.8, 4) is 5.75 Å². The van der Waals surface area contributed by atoms with Crippen molar-refractivity contribution in [3.63, 3.8) is 0 Å². The summed E-state index contributed by atoms with van der Waals surface area (Å²) < 4.78 is 0. The lowest BCUT2D eigenvalue weighted by molar-refractivity contribution is -0.133. The largest absolute Gasteiger partial charge is 0.508 e. The first kappa shape index (κ1) is 18.3. The number of piperidine rings is 1. The molecule has 2 aliphatic heterocycles. The van der Waals surface area contributed by atoms with E-state index in [2.05, 4.69) is 4.90 Å². The predicted octanol–water partition coefficient (Wildman–Crippen LogP) is 4.03. The summed E-state index contributed by atoms with van der Waals surface area (Å²) in [7, 11) is 0. The number of phenolic OH excluding ortho intramolecular Hbond substituents is 1. The van der Waals surface area contributed by atoms with Crippen LogP contribution in [0.1, 0.15) is 36.3 Å². The number of nitrogens with zero attached hydrogens (tertiary/aromatic N) is 2. The third-order valence-electron chi connectivity index (χ3n) is 5.89. The van der Waals surface area contributed by atoms with Gasteiger partial charge in [-0.25, -0.2) is 0 Å². The third kappa shape index (κ3) is 4.12. The standard InChI is InChI=1S/C22H25ClN2O2/c23-19-5-1-16(2-6-19)15-25-14-11-21(22(25)27)24-12-9-18(10-13-24)17-3-7-20(26)8-4-17/h1-8,18,21,26H,9-15H2. The number of benzene rings is 2. The number of hydrogen-bond donors (Lipinski definition) is 1. The Morgan fingerprint density at radius 1 is 0.926 bits per heavy atom. The first-order chi connectivity index (χ1) is 13.1. The normalized spacial score (nSPS) is 21.7. The molecule has 142 valence electrons. The zero-order valence-electron chi connectivity index (χ0n) is 15.4. The van der Waals surface area contributed by atoms with Crippen LogP contribution in [0.2, 0.25) is 5.02 Å². The number of carbonyl (C=O) groups is 1. The highest BCUT2D eigenvalue weighted by molar-refractivity contribution is 6.30. The fourth-order valence-corrected chi connectivity index (χ4v) is 4.45. The highest BCUT2D eigenvalue weighted by Crippen LogP contribution is 2.31. The predicted molar refractivity (Wildman–Crippen MR) is 107 cm³/mol. The molecule has 1 atom stereocenters. The Morgan fingerprint density at radius 3 is 2.26 bits per heavy atom. The number of aromatic hydroxyl groups is 1. The van der Waals surface area contributed by atoms with E-state index in [0.29, 0.717) is 18.2 Å². The second kappa shape index (κ2) is 7.91. The highest BCUT2D eigenvalue weighted by Gasteiger charge is 2.37. The molecule has 2 fully saturated rings. The summed E-state index contributed by atoms with van der Waals surface area (Å²) in [6.07, 6.45) is 3.04. The van der Waals surface area contributed by atoms with Crippen LogP contribution < -0.4 is 0 Å². The zero-order valence-corrected chi connectivity index (χ0v) is 16.1. The Morgan fingerprint density at radius 2 is 1.59 bits per heavy atom. The molecule has 0 radical (unpaired) electrons. The minimum atomic E-state index is 0.0260. The summed E-state index contributed by atoms with van der Waals surface area (Å²) in [4.78, 5) is 17.2. The van der Waals surface area contributed by atoms with Crippen molar-refractivity contribution in [2.75, 3.05) is 19.6 Å². The van der Waals surface area contributed by atoms with Gasteiger partial charge < -0.3 is 10.0 Å². The van der Waals surface area contributed by atoms with Gasteiger partial charge in [0.15, 0.2) is 0 Å². The molecule has 27 heavy (non-hydrogen) atoms. The van der Waals surface area contributed by atoms with Crippen molar-refractivity contribution >= 4 is 17.5 Å². The topological polar surface area (TPSA) is 43.8 Å². The van der Waals surface area contributed by atoms with Crippen LogP contribution in [0.4, 0.5) is 0 Å². The molecule has 0 aromatic heterocycles. The number of carbonyl (C=O) groups excluding carboxylic acids is 1. The molecular weight excluding hydrogens is 360 g/mol. The number of halogens is 1. The summed E-state index contributed by atoms with van der Waals surface area (Å²) in [6, 6.07) is 15.3. The van der Waals surface area contributed by atoms with Crippen LogP contribution in [0, 0.1) is 0 Å². The van der Waals surface area contributed by atoms with Gasteiger partial charge in [-0.15, -0.1) is 0 Å². The summed E-state index contributed by atoms with van der Waals surface area (Å²) >= 11 is 5.95. The van der Waals surface area contributed by atoms with Gasteiger partial charge in [0.05, 0.1) is 6.04 Å². The Labute approximate surface area is 165 Å². The molecule has 0 aliphatic carbocycles. The van der Waals surface area contributed by atoms with E-state index in [9.17, 15) is 9.90 Å². The maximum atomic E-state index is 12.9. The van der Waals surface area contributed by atoms with Gasteiger partial charge in [-0.3, -0.25) is 9.69 Å². The molecule has 1 amide bonds. The number of rotatable bonds is 4. The molecule has 1 N–H and O–H groups in total. The SMILES string of the molecule is O=C1C(N2CCC(c3ccc(O)cc3)CC2)CCN1Cc1ccc(Cl)cc1. The Hall–Kier alpha value is -2.04. The Kier molecular flexibility index (Phi) is 5.37. The monoisotopic (exact) mass is 384 g/mol. The van der Waals surface area contributed by atoms with E-state index < -0.39 is 0 Å². The van der Waals surface area contributed by atoms with Gasteiger partial charge in [0, 0.05) is 18.1 Å². The molecule has 5 heteroatoms. The van der Waals surface area contributed by atoms with E-state index in [1.807, 2.05) is 41.3 Å². The zero-order chi connectivity index (χ0) is 18.8. The van der Waals surface area contributed by atoms with Crippen molar-refractivity contribution in [2.45, 2.75) is 37.8 Å². The average molecular weight is 385 g/mol. The van der Waals surface area contributed by atoms with Crippen LogP contribution in [0.3, 0.4) is 0 Å². The minimum Gasteiger partial charge on any atom is -0.508 e. The molecule has 4 nitrogen and oxygen atoms in total. The van der Waals surface area contributed by atoms with Crippen LogP contribution in [0.5, 0.6) is 5.75 Å². The van der Waals surface area contributed by atoms with Crippen molar-refractivity contribution in [1.29, 1.82) is 0 Å². The third-order valence-corrected chi connectivity index (χ3v) is 6.14. The van der Waals surface area contributed by atoms with Crippen molar-refractivity contribution < 1.29 is 9.90 Å². The fourth-order valence-electron chi connectivity index (χ4n) is 4.32. The molecule has 4 rings (SSSR count). The van der Waals surface area contributed by atoms with E-state index in [1.54, 1.807) is 12.1 Å². The lowest BCUT2D eigenvalue weighted by atomic mass is 9.89. The first-order valence-electron chi connectivity index (χ1n) is 9.66. The maximum Gasteiger partial charge on any atom is 0.240 e. The van der Waals surface area contributed by atoms with E-state index in [4.69, 9.17) is 11.6 Å². The first-order valence-corrected chi connectivity index (χ1v) is 10.0. The van der Waals surface area contributed by atoms with Gasteiger partial charge in [0.2, 0.25) is 5.91 Å². The lowest BCUT2D eigenvalue weighted by Gasteiger charge is -2.35. The number of hydrogen-bond acceptors (Lipinski definition) is 3. The maximum absolute atomic E-state index is 12.9. The quantitative estimate of drug-likeness (QED) is 0.865. The van der Waals surface area contributed by atoms with E-state index >= 15 is 0 Å². The van der Waals surface area contributed by atoms with Crippen molar-refractivity contribution in [2.24, 2.45) is 0 Å². The van der Waals surface area contributed by atoms with Gasteiger partial charge >= 0.3 is 0 Å². The van der Waals surface area contributed by atoms with E-state index in [0.717, 1.165) is 49.5 Å². The molecule has 2 aromatic rings. The number of amides is 1. The second-order valence-electron chi connectivity index (χ2n) is 7.59. The summed E-state index contributed by atoms with van der Waals surface area (Å²) in [5.41, 5.74) is 2.41. The second-order valence-corrected chi connectivity index (χ2v) is 8.03. The Bertz CT molecular complexity index is 783. The average Bonchev–Trinajstić information content (AvgIpc) is 3.05. The smallest absolute Gasteiger partial charge is 0.240 e. The summed E-state index contributed by atoms with van der Waals surface area (Å²) in [5, 5.41) is 10.2. The fraction of sp³-hybridized carbons (Fsp3) is 0.409. The van der Waals surface area contributed by atoms with Gasteiger partial charge in [-0.1, -0.05) is 35.9 Å². The van der Waals surface area contributed by atoms with Gasteiger partial charge in [0.1, 0.15) is 5.75 Å². The molecule has 1 unspecified atom stereocenters. The van der Waals surface area contributed by atoms with Crippen molar-refractivity contribution in [1.82, 2.24) is 9.80 Å². The summed E-state index contributed by atoms with van der Waals surface area (Å²) in [5.74, 6) is 1.09. The summed E-state index contributed by atoms with van der Waals surface area (Å²) in [6.45, 7) is 3.40. The van der Waals surface area contributed by atoms with E-state index in [-0.39, 0.29) is 11.9 Å². The Balaban J connectivity index is 1.33. The molecule has 2 heterocycles. The number of phenols is 1. The molecule has 0 bridgehead atoms. The molecule has 0 spiro atoms. The molecule has 2 aromatic carbocycles. The number of likely N-dealkylation sites (tertiary alicyclic amines) is 2.